The van der Waals surface area contributed by atoms with Gasteiger partial charge >= 0.3 is 6.03 Å². The Morgan fingerprint density at radius 3 is 2.54 bits per heavy atom. The average Bonchev–Trinajstić information content (AvgIpc) is 2.73. The third-order valence-electron chi connectivity index (χ3n) is 4.73. The number of carbonyl (C=O) groups excluding carboxylic acids is 1. The number of carbonyl (C=O) groups is 1. The van der Waals surface area contributed by atoms with E-state index in [0.717, 1.165) is 44.2 Å². The molecule has 150 valence electrons. The average molecular weight is 383 g/mol. The maximum Gasteiger partial charge on any atom is 0.315 e. The van der Waals surface area contributed by atoms with Crippen LogP contribution in [0.2, 0.25) is 0 Å². The Balaban J connectivity index is 1.47. The van der Waals surface area contributed by atoms with Gasteiger partial charge in [-0.05, 0) is 24.6 Å². The number of rotatable bonds is 8. The topological polar surface area (TPSA) is 62.8 Å². The molecule has 1 heterocycles. The Morgan fingerprint density at radius 2 is 1.82 bits per heavy atom. The predicted molar refractivity (Wildman–Crippen MR) is 110 cm³/mol. The fourth-order valence-electron chi connectivity index (χ4n) is 3.14. The lowest BCUT2D eigenvalue weighted by atomic mass is 10.1. The number of ether oxygens (including phenoxy) is 2. The lowest BCUT2D eigenvalue weighted by Gasteiger charge is -2.31. The first-order valence-corrected chi connectivity index (χ1v) is 9.79. The number of hydrogen-bond donors (Lipinski definition) is 2. The van der Waals surface area contributed by atoms with Gasteiger partial charge in [-0.2, -0.15) is 0 Å². The van der Waals surface area contributed by atoms with Gasteiger partial charge in [0.1, 0.15) is 12.4 Å². The van der Waals surface area contributed by atoms with Crippen molar-refractivity contribution in [2.75, 3.05) is 46.0 Å². The molecule has 0 radical (unpaired) electrons. The highest BCUT2D eigenvalue weighted by atomic mass is 16.5. The van der Waals surface area contributed by atoms with Crippen LogP contribution in [0.1, 0.15) is 17.2 Å². The van der Waals surface area contributed by atoms with Crippen LogP contribution >= 0.6 is 0 Å². The van der Waals surface area contributed by atoms with Crippen LogP contribution < -0.4 is 15.4 Å². The van der Waals surface area contributed by atoms with Crippen molar-refractivity contribution in [1.82, 2.24) is 15.5 Å². The number of morpholine rings is 1. The van der Waals surface area contributed by atoms with Crippen molar-refractivity contribution in [3.05, 3.63) is 65.7 Å². The molecule has 2 aromatic carbocycles. The number of nitrogens with zero attached hydrogens (tertiary/aromatic N) is 1. The van der Waals surface area contributed by atoms with Crippen LogP contribution in [-0.2, 0) is 4.74 Å². The van der Waals surface area contributed by atoms with E-state index in [1.165, 1.54) is 5.56 Å². The zero-order valence-electron chi connectivity index (χ0n) is 16.4. The first-order valence-electron chi connectivity index (χ1n) is 9.79. The van der Waals surface area contributed by atoms with Gasteiger partial charge in [0, 0.05) is 19.6 Å². The second kappa shape index (κ2) is 10.7. The van der Waals surface area contributed by atoms with Crippen LogP contribution in [-0.4, -0.2) is 56.9 Å². The summed E-state index contributed by atoms with van der Waals surface area (Å²) in [6.45, 7) is 6.92. The maximum absolute atomic E-state index is 12.4. The minimum atomic E-state index is -0.186. The van der Waals surface area contributed by atoms with Gasteiger partial charge in [-0.3, -0.25) is 4.90 Å². The molecule has 1 aliphatic rings. The minimum Gasteiger partial charge on any atom is -0.492 e. The van der Waals surface area contributed by atoms with Gasteiger partial charge in [-0.25, -0.2) is 4.79 Å². The van der Waals surface area contributed by atoms with E-state index in [-0.39, 0.29) is 12.1 Å². The summed E-state index contributed by atoms with van der Waals surface area (Å²) in [4.78, 5) is 14.7. The van der Waals surface area contributed by atoms with E-state index >= 15 is 0 Å². The Kier molecular flexibility index (Phi) is 7.70. The summed E-state index contributed by atoms with van der Waals surface area (Å²) in [6, 6.07) is 17.7. The molecule has 2 aromatic rings. The number of benzene rings is 2. The standard InChI is InChI=1S/C22H29N3O3/c1-18-7-9-20(10-8-18)28-14-11-23-22(26)24-21(19-5-3-2-4-6-19)17-25-12-15-27-16-13-25/h2-10,21H,11-17H2,1H3,(H2,23,24,26)/t21-/m0/s1. The number of nitrogens with one attached hydrogen (secondary N) is 2. The predicted octanol–water partition coefficient (Wildman–Crippen LogP) is 2.75. The monoisotopic (exact) mass is 383 g/mol. The zero-order valence-corrected chi connectivity index (χ0v) is 16.4. The first-order chi connectivity index (χ1) is 13.7. The molecule has 6 heteroatoms. The van der Waals surface area contributed by atoms with Gasteiger partial charge in [0.25, 0.3) is 0 Å². The molecule has 1 saturated heterocycles. The van der Waals surface area contributed by atoms with Gasteiger partial charge in [0.15, 0.2) is 0 Å². The Bertz CT molecular complexity index is 716. The van der Waals surface area contributed by atoms with E-state index in [9.17, 15) is 4.79 Å². The summed E-state index contributed by atoms with van der Waals surface area (Å²) in [5.74, 6) is 0.808. The highest BCUT2D eigenvalue weighted by Gasteiger charge is 2.19. The van der Waals surface area contributed by atoms with Crippen LogP contribution in [0.5, 0.6) is 5.75 Å². The van der Waals surface area contributed by atoms with Gasteiger partial charge in [0.05, 0.1) is 25.8 Å². The Morgan fingerprint density at radius 1 is 1.11 bits per heavy atom. The highest BCUT2D eigenvalue weighted by Crippen LogP contribution is 2.15. The molecule has 28 heavy (non-hydrogen) atoms. The molecule has 0 unspecified atom stereocenters. The molecular formula is C22H29N3O3. The van der Waals surface area contributed by atoms with Gasteiger partial charge < -0.3 is 20.1 Å². The highest BCUT2D eigenvalue weighted by molar-refractivity contribution is 5.74. The molecule has 0 saturated carbocycles. The molecule has 0 spiro atoms. The number of amides is 2. The summed E-state index contributed by atoms with van der Waals surface area (Å²) in [5.41, 5.74) is 2.29. The normalized spacial score (nSPS) is 15.6. The summed E-state index contributed by atoms with van der Waals surface area (Å²) < 4.78 is 11.1. The number of aryl methyl sites for hydroxylation is 1. The third-order valence-corrected chi connectivity index (χ3v) is 4.73. The molecule has 2 N–H and O–H groups in total. The lowest BCUT2D eigenvalue weighted by molar-refractivity contribution is 0.0339. The summed E-state index contributed by atoms with van der Waals surface area (Å²) in [5, 5.41) is 5.98. The van der Waals surface area contributed by atoms with Crippen molar-refractivity contribution in [3.63, 3.8) is 0 Å². The molecule has 3 rings (SSSR count). The van der Waals surface area contributed by atoms with Crippen LogP contribution in [0.15, 0.2) is 54.6 Å². The van der Waals surface area contributed by atoms with E-state index in [1.54, 1.807) is 0 Å². The van der Waals surface area contributed by atoms with Crippen molar-refractivity contribution in [3.8, 4) is 5.75 Å². The second-order valence-corrected chi connectivity index (χ2v) is 6.94. The third kappa shape index (κ3) is 6.55. The fourth-order valence-corrected chi connectivity index (χ4v) is 3.14. The molecule has 1 atom stereocenters. The molecule has 0 aliphatic carbocycles. The molecule has 6 nitrogen and oxygen atoms in total. The summed E-state index contributed by atoms with van der Waals surface area (Å²) in [7, 11) is 0. The van der Waals surface area contributed by atoms with Gasteiger partial charge in [0.2, 0.25) is 0 Å². The van der Waals surface area contributed by atoms with Crippen molar-refractivity contribution < 1.29 is 14.3 Å². The van der Waals surface area contributed by atoms with Crippen LogP contribution in [0.25, 0.3) is 0 Å². The number of urea groups is 1. The SMILES string of the molecule is Cc1ccc(OCCNC(=O)N[C@@H](CN2CCOCC2)c2ccccc2)cc1. The molecule has 0 aromatic heterocycles. The smallest absolute Gasteiger partial charge is 0.315 e. The van der Waals surface area contributed by atoms with Crippen molar-refractivity contribution >= 4 is 6.03 Å². The fraction of sp³-hybridized carbons (Fsp3) is 0.409. The Hall–Kier alpha value is -2.57. The molecule has 1 aliphatic heterocycles. The van der Waals surface area contributed by atoms with E-state index in [0.29, 0.717) is 13.2 Å². The molecule has 2 amide bonds. The summed E-state index contributed by atoms with van der Waals surface area (Å²) >= 11 is 0. The maximum atomic E-state index is 12.4. The zero-order chi connectivity index (χ0) is 19.6. The van der Waals surface area contributed by atoms with Crippen LogP contribution in [0.4, 0.5) is 4.79 Å². The number of hydrogen-bond acceptors (Lipinski definition) is 4. The molecule has 1 fully saturated rings. The summed E-state index contributed by atoms with van der Waals surface area (Å²) in [6.07, 6.45) is 0. The molecule has 0 bridgehead atoms. The minimum absolute atomic E-state index is 0.0719. The van der Waals surface area contributed by atoms with Crippen LogP contribution in [0.3, 0.4) is 0 Å². The van der Waals surface area contributed by atoms with E-state index in [1.807, 2.05) is 61.5 Å². The first kappa shape index (κ1) is 20.2. The second-order valence-electron chi connectivity index (χ2n) is 6.94. The van der Waals surface area contributed by atoms with Crippen molar-refractivity contribution in [2.45, 2.75) is 13.0 Å². The van der Waals surface area contributed by atoms with E-state index < -0.39 is 0 Å². The Labute approximate surface area is 166 Å². The van der Waals surface area contributed by atoms with Crippen LogP contribution in [0, 0.1) is 6.92 Å². The van der Waals surface area contributed by atoms with Crippen molar-refractivity contribution in [2.24, 2.45) is 0 Å². The quantitative estimate of drug-likeness (QED) is 0.688. The molecular weight excluding hydrogens is 354 g/mol. The largest absolute Gasteiger partial charge is 0.492 e. The van der Waals surface area contributed by atoms with E-state index in [2.05, 4.69) is 15.5 Å². The van der Waals surface area contributed by atoms with Crippen molar-refractivity contribution in [1.29, 1.82) is 0 Å². The van der Waals surface area contributed by atoms with E-state index in [4.69, 9.17) is 9.47 Å². The lowest BCUT2D eigenvalue weighted by Crippen LogP contribution is -2.46. The van der Waals surface area contributed by atoms with Gasteiger partial charge in [-0.1, -0.05) is 48.0 Å². The van der Waals surface area contributed by atoms with Gasteiger partial charge in [-0.15, -0.1) is 0 Å².